The lowest BCUT2D eigenvalue weighted by Gasteiger charge is -2.31. The van der Waals surface area contributed by atoms with E-state index in [1.807, 2.05) is 81.3 Å². The minimum atomic E-state index is -4.55. The van der Waals surface area contributed by atoms with Crippen LogP contribution in [0.15, 0.2) is 194 Å². The van der Waals surface area contributed by atoms with E-state index in [0.717, 1.165) is 131 Å². The molecule has 0 aliphatic carbocycles. The number of methoxy groups -OCH3 is 3. The lowest BCUT2D eigenvalue weighted by Crippen LogP contribution is -2.41. The van der Waals surface area contributed by atoms with Crippen molar-refractivity contribution in [2.75, 3.05) is 181 Å². The van der Waals surface area contributed by atoms with Crippen molar-refractivity contribution in [3.8, 4) is 74.3 Å². The highest BCUT2D eigenvalue weighted by Crippen LogP contribution is 2.41. The van der Waals surface area contributed by atoms with E-state index in [-0.39, 0.29) is 34.5 Å². The first-order valence-corrected chi connectivity index (χ1v) is 46.3. The van der Waals surface area contributed by atoms with Crippen molar-refractivity contribution in [1.29, 1.82) is 10.5 Å². The molecule has 744 valence electrons. The lowest BCUT2D eigenvalue weighted by atomic mass is 9.90. The Bertz CT molecular complexity index is 6520. The number of pyridine rings is 9. The molecule has 143 heavy (non-hydrogen) atoms. The number of amides is 4. The van der Waals surface area contributed by atoms with Crippen LogP contribution in [0.25, 0.3) is 44.5 Å². The number of hydrogen-bond acceptors (Lipinski definition) is 27. The monoisotopic (exact) mass is 1960 g/mol. The number of carbonyl (C=O) groups is 4. The average Bonchev–Trinajstić information content (AvgIpc) is 0.774. The van der Waals surface area contributed by atoms with Crippen molar-refractivity contribution in [3.63, 3.8) is 0 Å². The van der Waals surface area contributed by atoms with Gasteiger partial charge in [0.05, 0.1) is 155 Å². The van der Waals surface area contributed by atoms with Crippen LogP contribution in [0.1, 0.15) is 133 Å². The molecule has 0 radical (unpaired) electrons. The third-order valence-corrected chi connectivity index (χ3v) is 24.7. The quantitative estimate of drug-likeness (QED) is 0.0458. The summed E-state index contributed by atoms with van der Waals surface area (Å²) in [5.74, 6) is -0.292. The Hall–Kier alpha value is -15.4. The Balaban J connectivity index is 0.000000151. The molecule has 32 nitrogen and oxygen atoms in total. The second kappa shape index (κ2) is 46.4. The molecule has 5 aliphatic rings. The zero-order chi connectivity index (χ0) is 102. The molecule has 38 heteroatoms. The maximum Gasteiger partial charge on any atom is 0.416 e. The molecule has 12 aromatic rings. The number of nitrogens with zero attached hydrogens (tertiary/aromatic N) is 15. The average molecular weight is 1960 g/mol. The molecular formula is C105H109F6N19O13. The van der Waals surface area contributed by atoms with Crippen LogP contribution < -0.4 is 60.6 Å². The molecule has 17 rings (SSSR count). The molecule has 0 unspecified atom stereocenters. The highest BCUT2D eigenvalue weighted by Gasteiger charge is 2.35. The summed E-state index contributed by atoms with van der Waals surface area (Å²) in [5.41, 5.74) is 13.2. The number of anilines is 8. The summed E-state index contributed by atoms with van der Waals surface area (Å²) < 4.78 is 124. The molecule has 14 heterocycles. The van der Waals surface area contributed by atoms with E-state index in [4.69, 9.17) is 37.9 Å². The third kappa shape index (κ3) is 25.9. The van der Waals surface area contributed by atoms with Gasteiger partial charge in [0, 0.05) is 193 Å². The van der Waals surface area contributed by atoms with Gasteiger partial charge in [-0.3, -0.25) is 48.9 Å². The molecule has 4 N–H and O–H groups in total. The summed E-state index contributed by atoms with van der Waals surface area (Å²) in [5, 5.41) is 30.0. The van der Waals surface area contributed by atoms with Gasteiger partial charge in [0.2, 0.25) is 17.6 Å². The number of alkyl halides is 6. The Morgan fingerprint density at radius 3 is 1.06 bits per heavy atom. The van der Waals surface area contributed by atoms with Gasteiger partial charge in [-0.2, -0.15) is 36.9 Å². The van der Waals surface area contributed by atoms with Gasteiger partial charge in [-0.1, -0.05) is 18.2 Å². The molecule has 5 saturated heterocycles. The summed E-state index contributed by atoms with van der Waals surface area (Å²) >= 11 is 0. The second-order valence-corrected chi connectivity index (χ2v) is 35.2. The SMILES string of the molecule is COc1ncc(-c2cc(NC(=O)c3cccc(C(F)(F)F)c3)cnc2C)cc1N1CCOCC1.COc1ncc(-c2cc(NC(=O)c3ccnc(C(C)(C)C#N)c3)ccc2C)cc1N1CCOCC1.COc1ncc(-c2cc(NC(=O)c3ccnc(C(C)(C)C#N)c3)cnc2C)cc1N1CCOCC1.Cc1ncc(NC(=O)c2cccc(C(F)(F)F)c2)cc1-c1cc(N2CCOCC2)c(=O)n(C2CCOCC2)c1. The standard InChI is InChI=1S/C28H29F3N4O4.C27H29N5O3.C26H28N6O3.C24H23F3N4O3/c1-18-24(15-22(16-32-18)33-26(36)19-3-2-4-21(13-19)28(29,30)31)20-14-25(34-7-11-39-12-8-34)27(37)35(17-20)23-5-9-38-10-6-23;1-18-5-6-21(31-25(33)19-7-8-29-24(14-19)27(2,3)17-28)15-22(18)20-13-23(26(34-4)30-16-20)32-9-11-35-12-10-32;1-17-21(19-11-22(25(34-4)30-14-19)32-7-9-35-10-8-32)13-20(15-29-17)31-24(33)18-5-6-28-23(12-18)26(2,3)16-27;1-15-20(17-11-21(23(33-2)29-13-17)31-6-8-34-9-7-31)12-19(14-28-15)30-22(32)16-4-3-5-18(10-16)24(25,26)27/h2-4,13-17,23H,5-12H2,1H3,(H,33,36);5-8,13-16H,9-12H2,1-4H3,(H,31,33);5-6,11-15H,7-10H2,1-4H3,(H,31,33);3-5,10-14H,6-9H2,1-2H3,(H,30,32). The summed E-state index contributed by atoms with van der Waals surface area (Å²) in [4.78, 5) is 109. The second-order valence-electron chi connectivity index (χ2n) is 35.2. The van der Waals surface area contributed by atoms with E-state index in [9.17, 15) is 60.8 Å². The van der Waals surface area contributed by atoms with Crippen LogP contribution in [-0.2, 0) is 46.9 Å². The normalized spacial score (nSPS) is 14.7. The maximum absolute atomic E-state index is 13.6. The molecule has 9 aromatic heterocycles. The Morgan fingerprint density at radius 1 is 0.378 bits per heavy atom. The zero-order valence-electron chi connectivity index (χ0n) is 80.9. The number of carbonyl (C=O) groups excluding carboxylic acids is 4. The van der Waals surface area contributed by atoms with Gasteiger partial charge in [-0.15, -0.1) is 0 Å². The fourth-order valence-corrected chi connectivity index (χ4v) is 16.4. The number of aromatic nitrogens is 9. The number of aryl methyl sites for hydroxylation is 4. The zero-order valence-corrected chi connectivity index (χ0v) is 80.9. The minimum Gasteiger partial charge on any atom is -0.480 e. The number of morpholine rings is 4. The van der Waals surface area contributed by atoms with Gasteiger partial charge in [0.15, 0.2) is 0 Å². The number of ether oxygens (including phenoxy) is 8. The van der Waals surface area contributed by atoms with Crippen LogP contribution in [0, 0.1) is 50.4 Å². The van der Waals surface area contributed by atoms with Crippen molar-refractivity contribution in [2.24, 2.45) is 0 Å². The van der Waals surface area contributed by atoms with E-state index in [2.05, 4.69) is 94.0 Å². The van der Waals surface area contributed by atoms with Crippen molar-refractivity contribution >= 4 is 69.1 Å². The predicted molar refractivity (Wildman–Crippen MR) is 529 cm³/mol. The molecule has 5 aliphatic heterocycles. The predicted octanol–water partition coefficient (Wildman–Crippen LogP) is 17.3. The van der Waals surface area contributed by atoms with Crippen LogP contribution in [-0.4, -0.2) is 208 Å². The van der Waals surface area contributed by atoms with Crippen LogP contribution in [0.5, 0.6) is 17.6 Å². The van der Waals surface area contributed by atoms with Gasteiger partial charge < -0.3 is 83.3 Å². The number of nitriles is 2. The molecule has 0 saturated carbocycles. The first-order chi connectivity index (χ1) is 68.6. The highest BCUT2D eigenvalue weighted by atomic mass is 19.4. The Morgan fingerprint density at radius 2 is 0.699 bits per heavy atom. The Labute approximate surface area is 822 Å². The summed E-state index contributed by atoms with van der Waals surface area (Å²) in [6.45, 7) is 26.3. The molecule has 3 aromatic carbocycles. The van der Waals surface area contributed by atoms with Gasteiger partial charge in [-0.25, -0.2) is 15.0 Å². The van der Waals surface area contributed by atoms with E-state index in [0.29, 0.717) is 178 Å². The summed E-state index contributed by atoms with van der Waals surface area (Å²) in [6.07, 6.45) is 7.01. The number of halogens is 6. The van der Waals surface area contributed by atoms with Gasteiger partial charge in [-0.05, 0) is 195 Å². The van der Waals surface area contributed by atoms with Gasteiger partial charge >= 0.3 is 12.4 Å². The summed E-state index contributed by atoms with van der Waals surface area (Å²) in [6, 6.07) is 38.5. The summed E-state index contributed by atoms with van der Waals surface area (Å²) in [7, 11) is 4.79. The fraction of sp³-hybridized carbons (Fsp3) is 0.343. The van der Waals surface area contributed by atoms with Crippen molar-refractivity contribution in [2.45, 2.75) is 97.5 Å². The van der Waals surface area contributed by atoms with E-state index >= 15 is 0 Å². The molecular weight excluding hydrogens is 1850 g/mol. The Kier molecular flexibility index (Phi) is 33.6. The topological polar surface area (TPSA) is 376 Å². The number of rotatable bonds is 22. The van der Waals surface area contributed by atoms with Crippen LogP contribution in [0.3, 0.4) is 0 Å². The number of nitrogens with one attached hydrogen (secondary N) is 4. The van der Waals surface area contributed by atoms with Crippen LogP contribution >= 0.6 is 0 Å². The van der Waals surface area contributed by atoms with E-state index < -0.39 is 46.1 Å². The number of hydrogen-bond donors (Lipinski definition) is 4. The lowest BCUT2D eigenvalue weighted by molar-refractivity contribution is -0.138. The fourth-order valence-electron chi connectivity index (χ4n) is 16.4. The molecule has 5 fully saturated rings. The van der Waals surface area contributed by atoms with E-state index in [1.54, 1.807) is 127 Å². The smallest absolute Gasteiger partial charge is 0.416 e. The van der Waals surface area contributed by atoms with Crippen molar-refractivity contribution < 1.29 is 83.4 Å². The van der Waals surface area contributed by atoms with Crippen molar-refractivity contribution in [1.82, 2.24) is 44.4 Å². The minimum absolute atomic E-state index is 0.0111. The first-order valence-electron chi connectivity index (χ1n) is 46.3. The van der Waals surface area contributed by atoms with Crippen molar-refractivity contribution in [3.05, 3.63) is 267 Å². The maximum atomic E-state index is 13.6. The van der Waals surface area contributed by atoms with Crippen LogP contribution in [0.2, 0.25) is 0 Å². The molecule has 0 atom stereocenters. The van der Waals surface area contributed by atoms with E-state index in [1.165, 1.54) is 36.7 Å². The largest absolute Gasteiger partial charge is 0.480 e. The first kappa shape index (κ1) is 104. The molecule has 4 amide bonds. The van der Waals surface area contributed by atoms with Gasteiger partial charge in [0.1, 0.15) is 22.7 Å². The van der Waals surface area contributed by atoms with Gasteiger partial charge in [0.25, 0.3) is 29.2 Å². The third-order valence-electron chi connectivity index (χ3n) is 24.7. The molecule has 0 spiro atoms. The van der Waals surface area contributed by atoms with Crippen LogP contribution in [0.4, 0.5) is 71.8 Å². The number of benzene rings is 3. The highest BCUT2D eigenvalue weighted by molar-refractivity contribution is 6.07. The molecule has 0 bridgehead atoms.